The van der Waals surface area contributed by atoms with Gasteiger partial charge in [0.15, 0.2) is 6.29 Å². The number of rotatable bonds is 2. The van der Waals surface area contributed by atoms with Gasteiger partial charge in [-0.2, -0.15) is 0 Å². The highest BCUT2D eigenvalue weighted by atomic mass is 19.1. The molecule has 1 aliphatic rings. The van der Waals surface area contributed by atoms with Crippen LogP contribution in [0.5, 0.6) is 0 Å². The van der Waals surface area contributed by atoms with E-state index < -0.39 is 5.82 Å². The van der Waals surface area contributed by atoms with Crippen LogP contribution in [-0.4, -0.2) is 37.6 Å². The Balaban J connectivity index is 2.29. The Kier molecular flexibility index (Phi) is 2.91. The van der Waals surface area contributed by atoms with Gasteiger partial charge in [-0.15, -0.1) is 0 Å². The molecular formula is C10H11FN2O2. The molecule has 15 heavy (non-hydrogen) atoms. The normalized spacial score (nSPS) is 16.5. The van der Waals surface area contributed by atoms with Crippen LogP contribution in [-0.2, 0) is 4.74 Å². The fourth-order valence-electron chi connectivity index (χ4n) is 1.57. The molecule has 0 amide bonds. The number of carbonyl (C=O) groups excluding carboxylic acids is 1. The quantitative estimate of drug-likeness (QED) is 0.679. The molecule has 5 heteroatoms. The van der Waals surface area contributed by atoms with Gasteiger partial charge in [0.25, 0.3) is 0 Å². The smallest absolute Gasteiger partial charge is 0.153 e. The van der Waals surface area contributed by atoms with Gasteiger partial charge in [-0.25, -0.2) is 9.37 Å². The van der Waals surface area contributed by atoms with Crippen LogP contribution in [0.1, 0.15) is 10.4 Å². The van der Waals surface area contributed by atoms with Crippen molar-refractivity contribution in [1.29, 1.82) is 0 Å². The summed E-state index contributed by atoms with van der Waals surface area (Å²) < 4.78 is 18.0. The Hall–Kier alpha value is -1.49. The van der Waals surface area contributed by atoms with Crippen molar-refractivity contribution in [3.63, 3.8) is 0 Å². The average Bonchev–Trinajstić information content (AvgIpc) is 2.30. The number of pyridine rings is 1. The van der Waals surface area contributed by atoms with Crippen molar-refractivity contribution in [2.75, 3.05) is 31.2 Å². The number of ether oxygens (including phenoxy) is 1. The maximum Gasteiger partial charge on any atom is 0.153 e. The minimum absolute atomic E-state index is 0.289. The van der Waals surface area contributed by atoms with Crippen LogP contribution in [0.2, 0.25) is 0 Å². The maximum atomic E-state index is 12.8. The Morgan fingerprint density at radius 1 is 1.47 bits per heavy atom. The van der Waals surface area contributed by atoms with Crippen molar-refractivity contribution in [2.45, 2.75) is 0 Å². The van der Waals surface area contributed by atoms with Crippen molar-refractivity contribution in [3.8, 4) is 0 Å². The van der Waals surface area contributed by atoms with Crippen molar-refractivity contribution in [3.05, 3.63) is 23.6 Å². The van der Waals surface area contributed by atoms with Gasteiger partial charge in [-0.1, -0.05) is 0 Å². The first kappa shape index (κ1) is 10.0. The molecule has 0 atom stereocenters. The molecule has 2 rings (SSSR count). The van der Waals surface area contributed by atoms with Crippen LogP contribution in [0.15, 0.2) is 12.3 Å². The van der Waals surface area contributed by atoms with E-state index in [0.29, 0.717) is 38.4 Å². The van der Waals surface area contributed by atoms with Crippen molar-refractivity contribution >= 4 is 12.1 Å². The zero-order valence-corrected chi connectivity index (χ0v) is 8.15. The second-order valence-electron chi connectivity index (χ2n) is 3.28. The summed E-state index contributed by atoms with van der Waals surface area (Å²) in [6.07, 6.45) is 1.75. The highest BCUT2D eigenvalue weighted by Gasteiger charge is 2.16. The second kappa shape index (κ2) is 4.35. The molecule has 0 unspecified atom stereocenters. The minimum atomic E-state index is -0.492. The SMILES string of the molecule is O=Cc1cc(F)cnc1N1CCOCC1. The maximum absolute atomic E-state index is 12.8. The number of morpholine rings is 1. The molecule has 0 spiro atoms. The average molecular weight is 210 g/mol. The summed E-state index contributed by atoms with van der Waals surface area (Å²) in [5.74, 6) is 0.0452. The molecule has 1 aromatic heterocycles. The third-order valence-corrected chi connectivity index (χ3v) is 2.30. The Bertz CT molecular complexity index is 364. The molecule has 0 saturated carbocycles. The molecule has 0 radical (unpaired) electrons. The third kappa shape index (κ3) is 2.12. The lowest BCUT2D eigenvalue weighted by molar-refractivity contribution is 0.111. The van der Waals surface area contributed by atoms with Gasteiger partial charge < -0.3 is 9.64 Å². The first-order chi connectivity index (χ1) is 7.31. The minimum Gasteiger partial charge on any atom is -0.378 e. The Labute approximate surface area is 86.7 Å². The Morgan fingerprint density at radius 3 is 2.87 bits per heavy atom. The van der Waals surface area contributed by atoms with E-state index in [1.165, 1.54) is 6.07 Å². The number of nitrogens with zero attached hydrogens (tertiary/aromatic N) is 2. The highest BCUT2D eigenvalue weighted by Crippen LogP contribution is 2.17. The molecule has 4 nitrogen and oxygen atoms in total. The van der Waals surface area contributed by atoms with E-state index >= 15 is 0 Å². The van der Waals surface area contributed by atoms with E-state index in [4.69, 9.17) is 4.74 Å². The van der Waals surface area contributed by atoms with Gasteiger partial charge in [-0.05, 0) is 6.07 Å². The standard InChI is InChI=1S/C10H11FN2O2/c11-9-5-8(7-14)10(12-6-9)13-1-3-15-4-2-13/h5-7H,1-4H2. The van der Waals surface area contributed by atoms with Crippen molar-refractivity contribution < 1.29 is 13.9 Å². The topological polar surface area (TPSA) is 42.4 Å². The van der Waals surface area contributed by atoms with Crippen LogP contribution in [0.3, 0.4) is 0 Å². The summed E-state index contributed by atoms with van der Waals surface area (Å²) in [6, 6.07) is 1.20. The van der Waals surface area contributed by atoms with Gasteiger partial charge in [0.05, 0.1) is 25.0 Å². The summed E-state index contributed by atoms with van der Waals surface area (Å²) in [6.45, 7) is 2.58. The molecule has 1 saturated heterocycles. The van der Waals surface area contributed by atoms with E-state index in [-0.39, 0.29) is 5.56 Å². The predicted octanol–water partition coefficient (Wildman–Crippen LogP) is 0.870. The molecule has 1 fully saturated rings. The zero-order chi connectivity index (χ0) is 10.7. The summed E-state index contributed by atoms with van der Waals surface area (Å²) in [7, 11) is 0. The summed E-state index contributed by atoms with van der Waals surface area (Å²) >= 11 is 0. The fraction of sp³-hybridized carbons (Fsp3) is 0.400. The van der Waals surface area contributed by atoms with Crippen molar-refractivity contribution in [1.82, 2.24) is 4.98 Å². The third-order valence-electron chi connectivity index (χ3n) is 2.30. The van der Waals surface area contributed by atoms with Crippen LogP contribution < -0.4 is 4.90 Å². The largest absolute Gasteiger partial charge is 0.378 e. The molecule has 2 heterocycles. The molecule has 1 aliphatic heterocycles. The molecule has 1 aromatic rings. The van der Waals surface area contributed by atoms with Crippen LogP contribution in [0.4, 0.5) is 10.2 Å². The van der Waals surface area contributed by atoms with Gasteiger partial charge in [0.1, 0.15) is 11.6 Å². The predicted molar refractivity (Wildman–Crippen MR) is 52.6 cm³/mol. The number of halogens is 1. The first-order valence-corrected chi connectivity index (χ1v) is 4.74. The highest BCUT2D eigenvalue weighted by molar-refractivity contribution is 5.82. The van der Waals surface area contributed by atoms with Crippen LogP contribution in [0, 0.1) is 5.82 Å². The Morgan fingerprint density at radius 2 is 2.20 bits per heavy atom. The van der Waals surface area contributed by atoms with E-state index in [1.807, 2.05) is 4.90 Å². The van der Waals surface area contributed by atoms with Gasteiger partial charge in [0, 0.05) is 13.1 Å². The zero-order valence-electron chi connectivity index (χ0n) is 8.15. The molecular weight excluding hydrogens is 199 g/mol. The summed E-state index contributed by atoms with van der Waals surface area (Å²) in [4.78, 5) is 16.6. The molecule has 0 aromatic carbocycles. The van der Waals surface area contributed by atoms with Gasteiger partial charge in [-0.3, -0.25) is 4.79 Å². The summed E-state index contributed by atoms with van der Waals surface area (Å²) in [5, 5.41) is 0. The molecule has 0 N–H and O–H groups in total. The van der Waals surface area contributed by atoms with Crippen LogP contribution in [0.25, 0.3) is 0 Å². The first-order valence-electron chi connectivity index (χ1n) is 4.74. The van der Waals surface area contributed by atoms with Crippen molar-refractivity contribution in [2.24, 2.45) is 0 Å². The summed E-state index contributed by atoms with van der Waals surface area (Å²) in [5.41, 5.74) is 0.289. The van der Waals surface area contributed by atoms with E-state index in [1.54, 1.807) is 0 Å². The number of hydrogen-bond donors (Lipinski definition) is 0. The van der Waals surface area contributed by atoms with E-state index in [0.717, 1.165) is 6.20 Å². The number of carbonyl (C=O) groups is 1. The molecule has 0 bridgehead atoms. The van der Waals surface area contributed by atoms with Gasteiger partial charge in [0.2, 0.25) is 0 Å². The van der Waals surface area contributed by atoms with Crippen LogP contribution >= 0.6 is 0 Å². The lowest BCUT2D eigenvalue weighted by atomic mass is 10.2. The number of hydrogen-bond acceptors (Lipinski definition) is 4. The molecule has 0 aliphatic carbocycles. The fourth-order valence-corrected chi connectivity index (χ4v) is 1.57. The van der Waals surface area contributed by atoms with E-state index in [2.05, 4.69) is 4.98 Å². The van der Waals surface area contributed by atoms with E-state index in [9.17, 15) is 9.18 Å². The molecule has 80 valence electrons. The van der Waals surface area contributed by atoms with Gasteiger partial charge >= 0.3 is 0 Å². The number of anilines is 1. The lowest BCUT2D eigenvalue weighted by Gasteiger charge is -2.28. The second-order valence-corrected chi connectivity index (χ2v) is 3.28. The lowest BCUT2D eigenvalue weighted by Crippen LogP contribution is -2.37. The number of aromatic nitrogens is 1. The number of aldehydes is 1. The monoisotopic (exact) mass is 210 g/mol.